The van der Waals surface area contributed by atoms with Crippen molar-refractivity contribution in [2.24, 2.45) is 29.1 Å². The molecule has 0 aromatic heterocycles. The molecule has 14 heavy (non-hydrogen) atoms. The lowest BCUT2D eigenvalue weighted by Crippen LogP contribution is -2.35. The second-order valence-corrected chi connectivity index (χ2v) is 5.72. The van der Waals surface area contributed by atoms with Crippen LogP contribution in [0.1, 0.15) is 33.1 Å². The number of fused-ring (bicyclic) bond motifs is 3. The van der Waals surface area contributed by atoms with E-state index in [1.54, 1.807) is 0 Å². The first kappa shape index (κ1) is 8.75. The fourth-order valence-corrected chi connectivity index (χ4v) is 4.28. The van der Waals surface area contributed by atoms with Crippen molar-refractivity contribution in [3.05, 3.63) is 0 Å². The molecule has 5 atom stereocenters. The lowest BCUT2D eigenvalue weighted by Gasteiger charge is -2.38. The minimum Gasteiger partial charge on any atom is -0.465 e. The van der Waals surface area contributed by atoms with E-state index in [1.807, 2.05) is 0 Å². The zero-order valence-electron chi connectivity index (χ0n) is 8.95. The van der Waals surface area contributed by atoms with Crippen LogP contribution in [0.4, 0.5) is 0 Å². The van der Waals surface area contributed by atoms with Gasteiger partial charge in [-0.05, 0) is 36.5 Å². The van der Waals surface area contributed by atoms with Gasteiger partial charge in [-0.1, -0.05) is 13.8 Å². The van der Waals surface area contributed by atoms with E-state index in [-0.39, 0.29) is 11.4 Å². The number of rotatable bonds is 0. The minimum atomic E-state index is 0.0393. The molecule has 1 spiro atoms. The molecule has 0 aromatic carbocycles. The van der Waals surface area contributed by atoms with Crippen molar-refractivity contribution in [2.45, 2.75) is 33.1 Å². The number of hydrogen-bond acceptors (Lipinski definition) is 2. The van der Waals surface area contributed by atoms with Gasteiger partial charge in [-0.15, -0.1) is 0 Å². The summed E-state index contributed by atoms with van der Waals surface area (Å²) in [7, 11) is 0. The van der Waals surface area contributed by atoms with Gasteiger partial charge in [-0.3, -0.25) is 4.79 Å². The van der Waals surface area contributed by atoms with Crippen molar-refractivity contribution in [2.75, 3.05) is 6.61 Å². The topological polar surface area (TPSA) is 26.3 Å². The maximum Gasteiger partial charge on any atom is 0.306 e. The van der Waals surface area contributed by atoms with Crippen molar-refractivity contribution in [1.82, 2.24) is 0 Å². The smallest absolute Gasteiger partial charge is 0.306 e. The highest BCUT2D eigenvalue weighted by Gasteiger charge is 2.60. The Balaban J connectivity index is 1.89. The molecule has 78 valence electrons. The van der Waals surface area contributed by atoms with Crippen LogP contribution < -0.4 is 0 Å². The van der Waals surface area contributed by atoms with Crippen LogP contribution in [0, 0.1) is 29.1 Å². The molecule has 1 heterocycles. The van der Waals surface area contributed by atoms with Crippen LogP contribution in [0.2, 0.25) is 0 Å². The molecule has 5 unspecified atom stereocenters. The largest absolute Gasteiger partial charge is 0.465 e. The van der Waals surface area contributed by atoms with Gasteiger partial charge in [0, 0.05) is 5.41 Å². The Hall–Kier alpha value is -0.530. The molecule has 2 saturated carbocycles. The van der Waals surface area contributed by atoms with E-state index in [9.17, 15) is 4.79 Å². The molecule has 0 N–H and O–H groups in total. The van der Waals surface area contributed by atoms with Gasteiger partial charge in [0.15, 0.2) is 0 Å². The molecule has 3 rings (SSSR count). The van der Waals surface area contributed by atoms with E-state index in [0.717, 1.165) is 23.7 Å². The first-order valence-electron chi connectivity index (χ1n) is 5.78. The van der Waals surface area contributed by atoms with Crippen molar-refractivity contribution in [1.29, 1.82) is 0 Å². The molecule has 0 amide bonds. The predicted octanol–water partition coefficient (Wildman–Crippen LogP) is 2.23. The zero-order chi connectivity index (χ0) is 9.92. The third-order valence-corrected chi connectivity index (χ3v) is 5.24. The lowest BCUT2D eigenvalue weighted by molar-refractivity contribution is -0.137. The maximum absolute atomic E-state index is 11.2. The van der Waals surface area contributed by atoms with E-state index in [4.69, 9.17) is 4.74 Å². The SMILES string of the molecule is CC1C2CC(C1C)C1(COC(=O)C1)C2. The molecular formula is C12H18O2. The average molecular weight is 194 g/mol. The third kappa shape index (κ3) is 0.896. The fraction of sp³-hybridized carbons (Fsp3) is 0.917. The van der Waals surface area contributed by atoms with Crippen molar-refractivity contribution >= 4 is 5.97 Å². The highest BCUT2D eigenvalue weighted by atomic mass is 16.5. The summed E-state index contributed by atoms with van der Waals surface area (Å²) in [5, 5.41) is 0. The normalized spacial score (nSPS) is 55.7. The Morgan fingerprint density at radius 2 is 2.14 bits per heavy atom. The second-order valence-electron chi connectivity index (χ2n) is 5.72. The Morgan fingerprint density at radius 1 is 1.36 bits per heavy atom. The minimum absolute atomic E-state index is 0.0393. The molecule has 2 aliphatic carbocycles. The highest BCUT2D eigenvalue weighted by Crippen LogP contribution is 2.63. The summed E-state index contributed by atoms with van der Waals surface area (Å²) >= 11 is 0. The standard InChI is InChI=1S/C12H18O2/c1-7-8(2)10-3-9(7)4-12(10)5-11(13)14-6-12/h7-10H,3-6H2,1-2H3. The van der Waals surface area contributed by atoms with Crippen LogP contribution in [-0.2, 0) is 9.53 Å². The summed E-state index contributed by atoms with van der Waals surface area (Å²) in [5.41, 5.74) is 0.258. The van der Waals surface area contributed by atoms with Gasteiger partial charge in [0.2, 0.25) is 0 Å². The van der Waals surface area contributed by atoms with Crippen LogP contribution in [-0.4, -0.2) is 12.6 Å². The average Bonchev–Trinajstić information content (AvgIpc) is 2.75. The van der Waals surface area contributed by atoms with Gasteiger partial charge in [0.25, 0.3) is 0 Å². The fourth-order valence-electron chi connectivity index (χ4n) is 4.28. The monoisotopic (exact) mass is 194 g/mol. The van der Waals surface area contributed by atoms with Crippen LogP contribution in [0.5, 0.6) is 0 Å². The molecule has 3 fully saturated rings. The van der Waals surface area contributed by atoms with Crippen molar-refractivity contribution < 1.29 is 9.53 Å². The zero-order valence-corrected chi connectivity index (χ0v) is 8.95. The summed E-state index contributed by atoms with van der Waals surface area (Å²) in [6.45, 7) is 5.45. The molecule has 1 aliphatic heterocycles. The number of ether oxygens (including phenoxy) is 1. The first-order chi connectivity index (χ1) is 6.62. The number of hydrogen-bond donors (Lipinski definition) is 0. The number of esters is 1. The molecule has 0 radical (unpaired) electrons. The third-order valence-electron chi connectivity index (χ3n) is 5.24. The molecule has 2 heteroatoms. The van der Waals surface area contributed by atoms with E-state index in [1.165, 1.54) is 12.8 Å². The van der Waals surface area contributed by atoms with Gasteiger partial charge in [-0.2, -0.15) is 0 Å². The predicted molar refractivity (Wildman–Crippen MR) is 52.6 cm³/mol. The maximum atomic E-state index is 11.2. The Bertz CT molecular complexity index is 284. The van der Waals surface area contributed by atoms with E-state index in [0.29, 0.717) is 13.0 Å². The van der Waals surface area contributed by atoms with E-state index >= 15 is 0 Å². The summed E-state index contributed by atoms with van der Waals surface area (Å²) in [6.07, 6.45) is 3.29. The molecule has 2 nitrogen and oxygen atoms in total. The molecule has 0 aromatic rings. The van der Waals surface area contributed by atoms with Crippen LogP contribution in [0.25, 0.3) is 0 Å². The number of carbonyl (C=O) groups excluding carboxylic acids is 1. The van der Waals surface area contributed by atoms with Crippen LogP contribution in [0.3, 0.4) is 0 Å². The number of cyclic esters (lactones) is 1. The van der Waals surface area contributed by atoms with Crippen molar-refractivity contribution in [3.8, 4) is 0 Å². The molecule has 2 bridgehead atoms. The van der Waals surface area contributed by atoms with Gasteiger partial charge in [0.1, 0.15) is 0 Å². The lowest BCUT2D eigenvalue weighted by atomic mass is 9.65. The van der Waals surface area contributed by atoms with E-state index in [2.05, 4.69) is 13.8 Å². The van der Waals surface area contributed by atoms with Gasteiger partial charge in [0.05, 0.1) is 13.0 Å². The molecule has 3 aliphatic rings. The van der Waals surface area contributed by atoms with Gasteiger partial charge < -0.3 is 4.74 Å². The second kappa shape index (κ2) is 2.53. The number of carbonyl (C=O) groups is 1. The van der Waals surface area contributed by atoms with Gasteiger partial charge >= 0.3 is 5.97 Å². The van der Waals surface area contributed by atoms with E-state index < -0.39 is 0 Å². The van der Waals surface area contributed by atoms with Gasteiger partial charge in [-0.25, -0.2) is 0 Å². The Labute approximate surface area is 85.0 Å². The summed E-state index contributed by atoms with van der Waals surface area (Å²) in [5.74, 6) is 3.32. The Morgan fingerprint density at radius 3 is 2.64 bits per heavy atom. The summed E-state index contributed by atoms with van der Waals surface area (Å²) in [6, 6.07) is 0. The van der Waals surface area contributed by atoms with Crippen LogP contribution >= 0.6 is 0 Å². The molecule has 1 saturated heterocycles. The van der Waals surface area contributed by atoms with Crippen molar-refractivity contribution in [3.63, 3.8) is 0 Å². The molecular weight excluding hydrogens is 176 g/mol. The van der Waals surface area contributed by atoms with Crippen LogP contribution in [0.15, 0.2) is 0 Å². The first-order valence-corrected chi connectivity index (χ1v) is 5.78. The Kier molecular flexibility index (Phi) is 1.58. The summed E-state index contributed by atoms with van der Waals surface area (Å²) in [4.78, 5) is 11.2. The summed E-state index contributed by atoms with van der Waals surface area (Å²) < 4.78 is 5.19. The highest BCUT2D eigenvalue weighted by molar-refractivity contribution is 5.72. The quantitative estimate of drug-likeness (QED) is 0.553.